The number of ether oxygens (including phenoxy) is 1. The van der Waals surface area contributed by atoms with E-state index in [1.807, 2.05) is 60.7 Å². The molecule has 1 heterocycles. The standard InChI is InChI=1S/C27H31N3O6S2/c1-37(32,33)30(25-12-14-26(15-13-25)38(34,35)29-16-18-36-19-17-29)22-27(31)28(20-23-8-4-2-5-9-23)21-24-10-6-3-7-11-24/h2-15H,16-22H2,1H3. The maximum absolute atomic E-state index is 13.5. The van der Waals surface area contributed by atoms with Gasteiger partial charge in [-0.15, -0.1) is 0 Å². The van der Waals surface area contributed by atoms with E-state index in [4.69, 9.17) is 4.74 Å². The lowest BCUT2D eigenvalue weighted by molar-refractivity contribution is -0.130. The third kappa shape index (κ3) is 6.98. The molecule has 1 aliphatic heterocycles. The molecule has 9 nitrogen and oxygen atoms in total. The molecular weight excluding hydrogens is 526 g/mol. The van der Waals surface area contributed by atoms with Crippen LogP contribution < -0.4 is 4.31 Å². The second-order valence-corrected chi connectivity index (χ2v) is 12.8. The number of carbonyl (C=O) groups excluding carboxylic acids is 1. The molecule has 0 unspecified atom stereocenters. The SMILES string of the molecule is CS(=O)(=O)N(CC(=O)N(Cc1ccccc1)Cc1ccccc1)c1ccc(S(=O)(=O)N2CCOCC2)cc1. The summed E-state index contributed by atoms with van der Waals surface area (Å²) >= 11 is 0. The summed E-state index contributed by atoms with van der Waals surface area (Å²) in [6.07, 6.45) is 1.03. The van der Waals surface area contributed by atoms with Crippen LogP contribution in [0.2, 0.25) is 0 Å². The Morgan fingerprint density at radius 1 is 0.789 bits per heavy atom. The number of benzene rings is 3. The summed E-state index contributed by atoms with van der Waals surface area (Å²) in [5, 5.41) is 0. The lowest BCUT2D eigenvalue weighted by atomic mass is 10.1. The zero-order valence-corrected chi connectivity index (χ0v) is 22.8. The van der Waals surface area contributed by atoms with Crippen LogP contribution in [0.5, 0.6) is 0 Å². The number of anilines is 1. The Morgan fingerprint density at radius 2 is 1.29 bits per heavy atom. The summed E-state index contributed by atoms with van der Waals surface area (Å²) in [4.78, 5) is 15.2. The van der Waals surface area contributed by atoms with Gasteiger partial charge >= 0.3 is 0 Å². The van der Waals surface area contributed by atoms with Crippen molar-refractivity contribution in [2.24, 2.45) is 0 Å². The molecule has 0 N–H and O–H groups in total. The first kappa shape index (κ1) is 27.8. The van der Waals surface area contributed by atoms with E-state index in [-0.39, 0.29) is 29.6 Å². The maximum Gasteiger partial charge on any atom is 0.243 e. The van der Waals surface area contributed by atoms with Crippen molar-refractivity contribution in [3.63, 3.8) is 0 Å². The number of nitrogens with zero attached hydrogens (tertiary/aromatic N) is 3. The maximum atomic E-state index is 13.5. The number of carbonyl (C=O) groups is 1. The van der Waals surface area contributed by atoms with Gasteiger partial charge in [0.2, 0.25) is 26.0 Å². The van der Waals surface area contributed by atoms with Gasteiger partial charge in [0.15, 0.2) is 0 Å². The summed E-state index contributed by atoms with van der Waals surface area (Å²) < 4.78 is 59.0. The minimum absolute atomic E-state index is 0.0534. The summed E-state index contributed by atoms with van der Waals surface area (Å²) in [5.41, 5.74) is 2.04. The van der Waals surface area contributed by atoms with E-state index in [1.54, 1.807) is 4.90 Å². The first-order valence-electron chi connectivity index (χ1n) is 12.2. The highest BCUT2D eigenvalue weighted by Crippen LogP contribution is 2.24. The lowest BCUT2D eigenvalue weighted by Crippen LogP contribution is -2.42. The Balaban J connectivity index is 1.57. The Labute approximate surface area is 224 Å². The molecule has 4 rings (SSSR count). The van der Waals surface area contributed by atoms with Gasteiger partial charge in [0.05, 0.1) is 30.1 Å². The number of sulfonamides is 2. The molecule has 0 aliphatic carbocycles. The number of morpholine rings is 1. The fourth-order valence-electron chi connectivity index (χ4n) is 4.18. The van der Waals surface area contributed by atoms with Gasteiger partial charge in [0.1, 0.15) is 6.54 Å². The van der Waals surface area contributed by atoms with Gasteiger partial charge in [-0.25, -0.2) is 16.8 Å². The highest BCUT2D eigenvalue weighted by molar-refractivity contribution is 7.92. The largest absolute Gasteiger partial charge is 0.379 e. The molecule has 1 saturated heterocycles. The molecule has 0 radical (unpaired) electrons. The molecule has 1 amide bonds. The number of rotatable bonds is 10. The predicted octanol–water partition coefficient (Wildman–Crippen LogP) is 2.70. The molecule has 0 atom stereocenters. The molecule has 0 bridgehead atoms. The molecule has 3 aromatic rings. The van der Waals surface area contributed by atoms with Crippen molar-refractivity contribution in [3.05, 3.63) is 96.1 Å². The van der Waals surface area contributed by atoms with Crippen LogP contribution in [0.3, 0.4) is 0 Å². The average Bonchev–Trinajstić information content (AvgIpc) is 2.92. The van der Waals surface area contributed by atoms with Crippen LogP contribution in [0, 0.1) is 0 Å². The van der Waals surface area contributed by atoms with Crippen LogP contribution in [-0.2, 0) is 42.7 Å². The normalized spacial score (nSPS) is 14.7. The Kier molecular flexibility index (Phi) is 8.83. The van der Waals surface area contributed by atoms with E-state index in [0.29, 0.717) is 26.3 Å². The fourth-order valence-corrected chi connectivity index (χ4v) is 6.44. The molecule has 1 aliphatic rings. The smallest absolute Gasteiger partial charge is 0.243 e. The Morgan fingerprint density at radius 3 is 1.76 bits per heavy atom. The van der Waals surface area contributed by atoms with Crippen molar-refractivity contribution in [1.29, 1.82) is 0 Å². The topological polar surface area (TPSA) is 104 Å². The number of amides is 1. The monoisotopic (exact) mass is 557 g/mol. The molecule has 38 heavy (non-hydrogen) atoms. The van der Waals surface area contributed by atoms with Gasteiger partial charge in [0, 0.05) is 26.2 Å². The van der Waals surface area contributed by atoms with Gasteiger partial charge in [0.25, 0.3) is 0 Å². The van der Waals surface area contributed by atoms with Crippen molar-refractivity contribution in [1.82, 2.24) is 9.21 Å². The second-order valence-electron chi connectivity index (χ2n) is 9.00. The van der Waals surface area contributed by atoms with Crippen molar-refractivity contribution >= 4 is 31.6 Å². The van der Waals surface area contributed by atoms with E-state index < -0.39 is 26.6 Å². The molecule has 0 aromatic heterocycles. The third-order valence-electron chi connectivity index (χ3n) is 6.20. The quantitative estimate of drug-likeness (QED) is 0.380. The first-order chi connectivity index (χ1) is 18.1. The zero-order chi connectivity index (χ0) is 27.2. The average molecular weight is 558 g/mol. The molecule has 0 saturated carbocycles. The second kappa shape index (κ2) is 12.1. The van der Waals surface area contributed by atoms with Gasteiger partial charge in [-0.1, -0.05) is 60.7 Å². The summed E-state index contributed by atoms with van der Waals surface area (Å²) in [6, 6.07) is 24.5. The predicted molar refractivity (Wildman–Crippen MR) is 145 cm³/mol. The highest BCUT2D eigenvalue weighted by atomic mass is 32.2. The van der Waals surface area contributed by atoms with E-state index >= 15 is 0 Å². The van der Waals surface area contributed by atoms with Gasteiger partial charge < -0.3 is 9.64 Å². The van der Waals surface area contributed by atoms with Gasteiger partial charge in [-0.2, -0.15) is 4.31 Å². The molecule has 11 heteroatoms. The van der Waals surface area contributed by atoms with Crippen molar-refractivity contribution < 1.29 is 26.4 Å². The minimum atomic E-state index is -3.85. The van der Waals surface area contributed by atoms with Crippen molar-refractivity contribution in [2.45, 2.75) is 18.0 Å². The van der Waals surface area contributed by atoms with Crippen molar-refractivity contribution in [2.75, 3.05) is 43.4 Å². The summed E-state index contributed by atoms with van der Waals surface area (Å²) in [6.45, 7) is 1.35. The van der Waals surface area contributed by atoms with E-state index in [0.717, 1.165) is 21.7 Å². The first-order valence-corrected chi connectivity index (χ1v) is 15.4. The van der Waals surface area contributed by atoms with Crippen LogP contribution in [-0.4, -0.2) is 71.1 Å². The molecule has 0 spiro atoms. The third-order valence-corrected chi connectivity index (χ3v) is 9.25. The van der Waals surface area contributed by atoms with Gasteiger partial charge in [-0.3, -0.25) is 9.10 Å². The van der Waals surface area contributed by atoms with E-state index in [9.17, 15) is 21.6 Å². The fraction of sp³-hybridized carbons (Fsp3) is 0.296. The van der Waals surface area contributed by atoms with Gasteiger partial charge in [-0.05, 0) is 35.4 Å². The van der Waals surface area contributed by atoms with Crippen molar-refractivity contribution in [3.8, 4) is 0 Å². The highest BCUT2D eigenvalue weighted by Gasteiger charge is 2.28. The summed E-state index contributed by atoms with van der Waals surface area (Å²) in [5.74, 6) is -0.381. The van der Waals surface area contributed by atoms with Crippen LogP contribution in [0.25, 0.3) is 0 Å². The minimum Gasteiger partial charge on any atom is -0.379 e. The van der Waals surface area contributed by atoms with E-state index in [2.05, 4.69) is 0 Å². The lowest BCUT2D eigenvalue weighted by Gasteiger charge is -2.28. The van der Waals surface area contributed by atoms with Crippen LogP contribution in [0.15, 0.2) is 89.8 Å². The van der Waals surface area contributed by atoms with Crippen LogP contribution in [0.1, 0.15) is 11.1 Å². The van der Waals surface area contributed by atoms with E-state index in [1.165, 1.54) is 28.6 Å². The van der Waals surface area contributed by atoms with Crippen LogP contribution in [0.4, 0.5) is 5.69 Å². The molecule has 202 valence electrons. The number of hydrogen-bond donors (Lipinski definition) is 0. The Bertz CT molecular complexity index is 1380. The number of hydrogen-bond acceptors (Lipinski definition) is 6. The molecule has 3 aromatic carbocycles. The summed E-state index contributed by atoms with van der Waals surface area (Å²) in [7, 11) is -7.59. The zero-order valence-electron chi connectivity index (χ0n) is 21.1. The Hall–Kier alpha value is -3.25. The molecule has 1 fully saturated rings. The van der Waals surface area contributed by atoms with Crippen LogP contribution >= 0.6 is 0 Å². The molecular formula is C27H31N3O6S2.